The van der Waals surface area contributed by atoms with Crippen LogP contribution in [-0.4, -0.2) is 20.8 Å². The summed E-state index contributed by atoms with van der Waals surface area (Å²) in [6.45, 7) is 0. The number of aromatic nitrogens is 3. The van der Waals surface area contributed by atoms with Gasteiger partial charge in [0, 0.05) is 30.0 Å². The predicted molar refractivity (Wildman–Crippen MR) is 124 cm³/mol. The van der Waals surface area contributed by atoms with Crippen molar-refractivity contribution in [3.63, 3.8) is 0 Å². The summed E-state index contributed by atoms with van der Waals surface area (Å²) in [7, 11) is 1.81. The van der Waals surface area contributed by atoms with Crippen LogP contribution in [0.2, 0.25) is 0 Å². The number of nitrogens with one attached hydrogen (secondary N) is 2. The molecule has 0 spiro atoms. The van der Waals surface area contributed by atoms with E-state index in [0.29, 0.717) is 17.4 Å². The van der Waals surface area contributed by atoms with Gasteiger partial charge in [-0.25, -0.2) is 14.5 Å². The molecule has 4 N–H and O–H groups in total. The Labute approximate surface area is 192 Å². The van der Waals surface area contributed by atoms with Gasteiger partial charge in [-0.1, -0.05) is 18.2 Å². The second-order valence-corrected chi connectivity index (χ2v) is 8.31. The minimum atomic E-state index is -4.49. The third kappa shape index (κ3) is 4.26. The van der Waals surface area contributed by atoms with Crippen LogP contribution in [0.15, 0.2) is 54.6 Å². The van der Waals surface area contributed by atoms with Gasteiger partial charge in [-0.15, -0.1) is 0 Å². The average Bonchev–Trinajstić information content (AvgIpc) is 3.59. The van der Waals surface area contributed by atoms with E-state index < -0.39 is 17.8 Å². The number of anilines is 3. The van der Waals surface area contributed by atoms with E-state index in [1.165, 1.54) is 12.1 Å². The van der Waals surface area contributed by atoms with Gasteiger partial charge in [-0.05, 0) is 60.4 Å². The number of hydrogen-bond acceptors (Lipinski definition) is 4. The van der Waals surface area contributed by atoms with Crippen LogP contribution in [0.1, 0.15) is 30.0 Å². The molecule has 2 amide bonds. The molecule has 174 valence electrons. The molecule has 0 bridgehead atoms. The molecule has 0 unspecified atom stereocenters. The van der Waals surface area contributed by atoms with Crippen LogP contribution in [0.5, 0.6) is 0 Å². The molecule has 4 aromatic rings. The topological polar surface area (TPSA) is 97.9 Å². The Hall–Kier alpha value is -4.08. The van der Waals surface area contributed by atoms with Crippen LogP contribution in [0.3, 0.4) is 0 Å². The van der Waals surface area contributed by atoms with Gasteiger partial charge in [0.05, 0.1) is 10.9 Å². The van der Waals surface area contributed by atoms with Gasteiger partial charge in [0.25, 0.3) is 0 Å². The third-order valence-corrected chi connectivity index (χ3v) is 5.74. The van der Waals surface area contributed by atoms with E-state index in [9.17, 15) is 18.0 Å². The highest BCUT2D eigenvalue weighted by Crippen LogP contribution is 2.42. The zero-order chi connectivity index (χ0) is 24.0. The maximum absolute atomic E-state index is 12.9. The van der Waals surface area contributed by atoms with Crippen molar-refractivity contribution in [1.29, 1.82) is 0 Å². The number of halogens is 3. The van der Waals surface area contributed by atoms with E-state index in [4.69, 9.17) is 10.7 Å². The van der Waals surface area contributed by atoms with Crippen molar-refractivity contribution < 1.29 is 18.0 Å². The van der Waals surface area contributed by atoms with Crippen molar-refractivity contribution in [3.05, 3.63) is 65.9 Å². The number of aryl methyl sites for hydroxylation is 1. The molecule has 2 heterocycles. The zero-order valence-electron chi connectivity index (χ0n) is 18.1. The minimum absolute atomic E-state index is 0.0442. The van der Waals surface area contributed by atoms with Gasteiger partial charge < -0.3 is 16.4 Å². The number of benzene rings is 2. The Bertz CT molecular complexity index is 1390. The summed E-state index contributed by atoms with van der Waals surface area (Å²) in [4.78, 5) is 17.1. The van der Waals surface area contributed by atoms with Crippen LogP contribution in [-0.2, 0) is 13.2 Å². The molecule has 2 aromatic carbocycles. The fraction of sp³-hybridized carbons (Fsp3) is 0.208. The molecule has 0 radical (unpaired) electrons. The molecular weight excluding hydrogens is 445 g/mol. The molecule has 34 heavy (non-hydrogen) atoms. The first kappa shape index (κ1) is 21.7. The summed E-state index contributed by atoms with van der Waals surface area (Å²) in [5.41, 5.74) is 9.38. The monoisotopic (exact) mass is 466 g/mol. The maximum atomic E-state index is 12.9. The van der Waals surface area contributed by atoms with Gasteiger partial charge in [0.15, 0.2) is 11.5 Å². The minimum Gasteiger partial charge on any atom is -0.382 e. The van der Waals surface area contributed by atoms with E-state index >= 15 is 0 Å². The molecule has 0 aliphatic heterocycles. The summed E-state index contributed by atoms with van der Waals surface area (Å²) < 4.78 is 40.3. The Morgan fingerprint density at radius 2 is 1.76 bits per heavy atom. The van der Waals surface area contributed by atoms with Crippen molar-refractivity contribution in [2.24, 2.45) is 7.05 Å². The second kappa shape index (κ2) is 8.05. The standard InChI is InChI=1S/C24H21F3N6O/c1-33-22-20(21(28)32-33)18(12-19(31-22)14-5-6-14)13-7-9-16(10-8-13)29-23(34)30-17-4-2-3-15(11-17)24(25,26)27/h2-4,7-12,14H,5-6H2,1H3,(H2,28,32)(H2,29,30,34). The van der Waals surface area contributed by atoms with E-state index in [1.807, 2.05) is 25.2 Å². The van der Waals surface area contributed by atoms with E-state index in [0.717, 1.165) is 52.8 Å². The highest BCUT2D eigenvalue weighted by atomic mass is 19.4. The number of nitrogen functional groups attached to an aromatic ring is 1. The first-order valence-corrected chi connectivity index (χ1v) is 10.7. The van der Waals surface area contributed by atoms with Crippen molar-refractivity contribution in [3.8, 4) is 11.1 Å². The molecule has 10 heteroatoms. The molecule has 7 nitrogen and oxygen atoms in total. The fourth-order valence-electron chi connectivity index (χ4n) is 3.91. The number of carbonyl (C=O) groups is 1. The van der Waals surface area contributed by atoms with Gasteiger partial charge in [-0.2, -0.15) is 18.3 Å². The van der Waals surface area contributed by atoms with Crippen LogP contribution in [0.25, 0.3) is 22.2 Å². The number of carbonyl (C=O) groups excluding carboxylic acids is 1. The van der Waals surface area contributed by atoms with Gasteiger partial charge in [0.2, 0.25) is 0 Å². The number of hydrogen-bond donors (Lipinski definition) is 3. The van der Waals surface area contributed by atoms with Crippen LogP contribution in [0, 0.1) is 0 Å². The summed E-state index contributed by atoms with van der Waals surface area (Å²) >= 11 is 0. The predicted octanol–water partition coefficient (Wildman–Crippen LogP) is 5.76. The quantitative estimate of drug-likeness (QED) is 0.356. The number of nitrogens with zero attached hydrogens (tertiary/aromatic N) is 3. The average molecular weight is 466 g/mol. The first-order chi connectivity index (χ1) is 16.2. The lowest BCUT2D eigenvalue weighted by Gasteiger charge is -2.12. The molecular formula is C24H21F3N6O. The number of rotatable bonds is 4. The number of pyridine rings is 1. The molecule has 5 rings (SSSR count). The normalized spacial score (nSPS) is 13.8. The molecule has 2 aromatic heterocycles. The van der Waals surface area contributed by atoms with E-state index in [-0.39, 0.29) is 5.69 Å². The Morgan fingerprint density at radius 3 is 2.44 bits per heavy atom. The third-order valence-electron chi connectivity index (χ3n) is 5.74. The fourth-order valence-corrected chi connectivity index (χ4v) is 3.91. The van der Waals surface area contributed by atoms with E-state index in [1.54, 1.807) is 16.8 Å². The summed E-state index contributed by atoms with van der Waals surface area (Å²) in [5.74, 6) is 0.838. The molecule has 1 aliphatic rings. The summed E-state index contributed by atoms with van der Waals surface area (Å²) in [5, 5.41) is 10.1. The van der Waals surface area contributed by atoms with Crippen molar-refractivity contribution in [2.45, 2.75) is 24.9 Å². The van der Waals surface area contributed by atoms with Gasteiger partial charge >= 0.3 is 12.2 Å². The molecule has 1 fully saturated rings. The van der Waals surface area contributed by atoms with E-state index in [2.05, 4.69) is 15.7 Å². The number of amides is 2. The number of fused-ring (bicyclic) bond motifs is 1. The molecule has 1 aliphatic carbocycles. The van der Waals surface area contributed by atoms with Crippen LogP contribution >= 0.6 is 0 Å². The zero-order valence-corrected chi connectivity index (χ0v) is 18.1. The molecule has 1 saturated carbocycles. The van der Waals surface area contributed by atoms with Gasteiger partial charge in [0.1, 0.15) is 0 Å². The number of urea groups is 1. The molecule has 0 atom stereocenters. The number of nitrogens with two attached hydrogens (primary N) is 1. The lowest BCUT2D eigenvalue weighted by Crippen LogP contribution is -2.19. The van der Waals surface area contributed by atoms with Crippen molar-refractivity contribution in [2.75, 3.05) is 16.4 Å². The smallest absolute Gasteiger partial charge is 0.382 e. The lowest BCUT2D eigenvalue weighted by molar-refractivity contribution is -0.137. The Balaban J connectivity index is 1.37. The largest absolute Gasteiger partial charge is 0.416 e. The SMILES string of the molecule is Cn1nc(N)c2c(-c3ccc(NC(=O)Nc4cccc(C(F)(F)F)c4)cc3)cc(C3CC3)nc21. The lowest BCUT2D eigenvalue weighted by atomic mass is 10.0. The maximum Gasteiger partial charge on any atom is 0.416 e. The first-order valence-electron chi connectivity index (χ1n) is 10.7. The van der Waals surface area contributed by atoms with Crippen LogP contribution < -0.4 is 16.4 Å². The Morgan fingerprint density at radius 1 is 1.06 bits per heavy atom. The summed E-state index contributed by atoms with van der Waals surface area (Å²) in [6, 6.07) is 13.0. The van der Waals surface area contributed by atoms with Gasteiger partial charge in [-0.3, -0.25) is 0 Å². The number of alkyl halides is 3. The van der Waals surface area contributed by atoms with Crippen molar-refractivity contribution >= 4 is 34.3 Å². The highest BCUT2D eigenvalue weighted by Gasteiger charge is 2.30. The second-order valence-electron chi connectivity index (χ2n) is 8.31. The van der Waals surface area contributed by atoms with Crippen molar-refractivity contribution in [1.82, 2.24) is 14.8 Å². The Kier molecular flexibility index (Phi) is 5.15. The van der Waals surface area contributed by atoms with Crippen LogP contribution in [0.4, 0.5) is 35.2 Å². The molecule has 0 saturated heterocycles. The highest BCUT2D eigenvalue weighted by molar-refractivity contribution is 6.02. The summed E-state index contributed by atoms with van der Waals surface area (Å²) in [6.07, 6.45) is -2.27.